The van der Waals surface area contributed by atoms with Gasteiger partial charge in [-0.2, -0.15) is 0 Å². The van der Waals surface area contributed by atoms with Crippen LogP contribution in [-0.2, 0) is 16.0 Å². The minimum absolute atomic E-state index is 0.0109. The molecule has 4 rings (SSSR count). The Balaban J connectivity index is 1.58. The van der Waals surface area contributed by atoms with E-state index in [4.69, 9.17) is 14.2 Å². The van der Waals surface area contributed by atoms with Crippen LogP contribution in [0.4, 0.5) is 0 Å². The largest absolute Gasteiger partial charge is 0.493 e. The van der Waals surface area contributed by atoms with E-state index in [0.29, 0.717) is 18.8 Å². The lowest BCUT2D eigenvalue weighted by atomic mass is 9.87. The highest BCUT2D eigenvalue weighted by molar-refractivity contribution is 5.78. The minimum Gasteiger partial charge on any atom is -0.493 e. The number of nitrogens with zero attached hydrogens (tertiary/aromatic N) is 1. The average molecular weight is 411 g/mol. The van der Waals surface area contributed by atoms with Crippen LogP contribution in [0.2, 0.25) is 0 Å². The molecule has 2 aromatic carbocycles. The number of rotatable bonds is 7. The number of hydrogen-bond donors (Lipinski definition) is 1. The first-order valence-corrected chi connectivity index (χ1v) is 10.6. The summed E-state index contributed by atoms with van der Waals surface area (Å²) in [5.41, 5.74) is 3.56. The van der Waals surface area contributed by atoms with Crippen molar-refractivity contribution in [2.75, 3.05) is 40.5 Å². The second-order valence-corrected chi connectivity index (χ2v) is 7.88. The number of benzene rings is 2. The lowest BCUT2D eigenvalue weighted by Gasteiger charge is -2.37. The van der Waals surface area contributed by atoms with E-state index in [0.717, 1.165) is 49.3 Å². The highest BCUT2D eigenvalue weighted by Crippen LogP contribution is 2.40. The maximum Gasteiger partial charge on any atom is 0.234 e. The number of fused-ring (bicyclic) bond motifs is 1. The van der Waals surface area contributed by atoms with Gasteiger partial charge in [-0.15, -0.1) is 0 Å². The maximum atomic E-state index is 12.7. The van der Waals surface area contributed by atoms with Crippen LogP contribution in [0.5, 0.6) is 11.5 Å². The van der Waals surface area contributed by atoms with Crippen LogP contribution >= 0.6 is 0 Å². The highest BCUT2D eigenvalue weighted by atomic mass is 16.5. The van der Waals surface area contributed by atoms with Crippen LogP contribution in [0.25, 0.3) is 0 Å². The molecular formula is C24H30N2O4. The van der Waals surface area contributed by atoms with Gasteiger partial charge in [-0.3, -0.25) is 9.69 Å². The lowest BCUT2D eigenvalue weighted by molar-refractivity contribution is -0.123. The van der Waals surface area contributed by atoms with Gasteiger partial charge < -0.3 is 19.5 Å². The van der Waals surface area contributed by atoms with Gasteiger partial charge in [0.2, 0.25) is 5.91 Å². The van der Waals surface area contributed by atoms with E-state index in [2.05, 4.69) is 34.5 Å². The standard InChI is InChI=1S/C24H30N2O4/c1-28-21-13-18-10-11-26(16-23(27)25-15-19-9-6-12-30-19)24(17-7-4-3-5-8-17)20(18)14-22(21)29-2/h3-5,7-8,13-14,19,24H,6,9-12,15-16H2,1-2H3,(H,25,27)/t19-,24+/m1/s1. The lowest BCUT2D eigenvalue weighted by Crippen LogP contribution is -2.44. The van der Waals surface area contributed by atoms with E-state index in [1.165, 1.54) is 5.56 Å². The first-order chi connectivity index (χ1) is 14.7. The smallest absolute Gasteiger partial charge is 0.234 e. The molecule has 30 heavy (non-hydrogen) atoms. The van der Waals surface area contributed by atoms with Crippen molar-refractivity contribution in [2.45, 2.75) is 31.4 Å². The summed E-state index contributed by atoms with van der Waals surface area (Å²) in [6.07, 6.45) is 3.10. The summed E-state index contributed by atoms with van der Waals surface area (Å²) < 4.78 is 16.7. The monoisotopic (exact) mass is 410 g/mol. The van der Waals surface area contributed by atoms with E-state index >= 15 is 0 Å². The van der Waals surface area contributed by atoms with Gasteiger partial charge in [0.25, 0.3) is 0 Å². The van der Waals surface area contributed by atoms with Crippen molar-refractivity contribution >= 4 is 5.91 Å². The predicted molar refractivity (Wildman–Crippen MR) is 115 cm³/mol. The number of hydrogen-bond acceptors (Lipinski definition) is 5. The second kappa shape index (κ2) is 9.49. The Labute approximate surface area is 178 Å². The molecule has 0 radical (unpaired) electrons. The van der Waals surface area contributed by atoms with Crippen LogP contribution in [0, 0.1) is 0 Å². The summed E-state index contributed by atoms with van der Waals surface area (Å²) in [4.78, 5) is 15.0. The van der Waals surface area contributed by atoms with Crippen molar-refractivity contribution in [1.82, 2.24) is 10.2 Å². The normalized spacial score (nSPS) is 21.1. The van der Waals surface area contributed by atoms with Gasteiger partial charge in [0.05, 0.1) is 32.9 Å². The first kappa shape index (κ1) is 20.7. The fraction of sp³-hybridized carbons (Fsp3) is 0.458. The second-order valence-electron chi connectivity index (χ2n) is 7.88. The van der Waals surface area contributed by atoms with Crippen LogP contribution < -0.4 is 14.8 Å². The number of amides is 1. The van der Waals surface area contributed by atoms with Crippen molar-refractivity contribution in [3.8, 4) is 11.5 Å². The molecule has 2 aliphatic rings. The minimum atomic E-state index is -0.0109. The molecule has 6 heteroatoms. The molecule has 0 aromatic heterocycles. The van der Waals surface area contributed by atoms with E-state index in [1.807, 2.05) is 18.2 Å². The molecule has 0 bridgehead atoms. The summed E-state index contributed by atoms with van der Waals surface area (Å²) in [7, 11) is 3.31. The third-order valence-corrected chi connectivity index (χ3v) is 5.99. The van der Waals surface area contributed by atoms with E-state index in [-0.39, 0.29) is 18.1 Å². The molecule has 1 fully saturated rings. The fourth-order valence-electron chi connectivity index (χ4n) is 4.47. The Morgan fingerprint density at radius 3 is 2.63 bits per heavy atom. The fourth-order valence-corrected chi connectivity index (χ4v) is 4.47. The summed E-state index contributed by atoms with van der Waals surface area (Å²) in [6, 6.07) is 14.5. The molecule has 2 atom stereocenters. The molecule has 0 unspecified atom stereocenters. The van der Waals surface area contributed by atoms with Crippen molar-refractivity contribution in [3.05, 3.63) is 59.2 Å². The Morgan fingerprint density at radius 1 is 1.17 bits per heavy atom. The van der Waals surface area contributed by atoms with Crippen LogP contribution in [0.3, 0.4) is 0 Å². The topological polar surface area (TPSA) is 60.0 Å². The zero-order chi connectivity index (χ0) is 20.9. The summed E-state index contributed by atoms with van der Waals surface area (Å²) >= 11 is 0. The molecule has 1 N–H and O–H groups in total. The van der Waals surface area contributed by atoms with Crippen molar-refractivity contribution in [3.63, 3.8) is 0 Å². The molecule has 0 spiro atoms. The Bertz CT molecular complexity index is 865. The molecule has 1 amide bonds. The van der Waals surface area contributed by atoms with Crippen LogP contribution in [0.15, 0.2) is 42.5 Å². The van der Waals surface area contributed by atoms with Gasteiger partial charge in [0.1, 0.15) is 0 Å². The van der Waals surface area contributed by atoms with E-state index in [9.17, 15) is 4.79 Å². The molecule has 2 heterocycles. The molecular weight excluding hydrogens is 380 g/mol. The van der Waals surface area contributed by atoms with E-state index < -0.39 is 0 Å². The molecule has 6 nitrogen and oxygen atoms in total. The summed E-state index contributed by atoms with van der Waals surface area (Å²) in [5.74, 6) is 1.49. The quantitative estimate of drug-likeness (QED) is 0.761. The van der Waals surface area contributed by atoms with Crippen LogP contribution in [-0.4, -0.2) is 57.4 Å². The zero-order valence-electron chi connectivity index (χ0n) is 17.7. The number of nitrogens with one attached hydrogen (secondary N) is 1. The van der Waals surface area contributed by atoms with Gasteiger partial charge in [-0.1, -0.05) is 30.3 Å². The Morgan fingerprint density at radius 2 is 1.93 bits per heavy atom. The molecule has 0 aliphatic carbocycles. The number of methoxy groups -OCH3 is 2. The van der Waals surface area contributed by atoms with Gasteiger partial charge in [0, 0.05) is 19.7 Å². The number of ether oxygens (including phenoxy) is 3. The van der Waals surface area contributed by atoms with Crippen LogP contribution in [0.1, 0.15) is 35.6 Å². The molecule has 160 valence electrons. The predicted octanol–water partition coefficient (Wildman–Crippen LogP) is 2.95. The van der Waals surface area contributed by atoms with Gasteiger partial charge in [-0.05, 0) is 48.1 Å². The third kappa shape index (κ3) is 4.45. The first-order valence-electron chi connectivity index (χ1n) is 10.6. The van der Waals surface area contributed by atoms with Gasteiger partial charge in [0.15, 0.2) is 11.5 Å². The van der Waals surface area contributed by atoms with E-state index in [1.54, 1.807) is 14.2 Å². The molecule has 2 aromatic rings. The van der Waals surface area contributed by atoms with Gasteiger partial charge in [-0.25, -0.2) is 0 Å². The third-order valence-electron chi connectivity index (χ3n) is 5.99. The molecule has 0 saturated carbocycles. The SMILES string of the molecule is COc1cc2c(cc1OC)[C@H](c1ccccc1)N(CC(=O)NC[C@H]1CCCO1)CC2. The maximum absolute atomic E-state index is 12.7. The van der Waals surface area contributed by atoms with Crippen molar-refractivity contribution in [1.29, 1.82) is 0 Å². The molecule has 2 aliphatic heterocycles. The zero-order valence-corrected chi connectivity index (χ0v) is 17.7. The Kier molecular flexibility index (Phi) is 6.55. The van der Waals surface area contributed by atoms with Gasteiger partial charge >= 0.3 is 0 Å². The summed E-state index contributed by atoms with van der Waals surface area (Å²) in [5, 5.41) is 3.06. The number of carbonyl (C=O) groups is 1. The Hall–Kier alpha value is -2.57. The van der Waals surface area contributed by atoms with Crippen molar-refractivity contribution in [2.24, 2.45) is 0 Å². The average Bonchev–Trinajstić information content (AvgIpc) is 3.31. The summed E-state index contributed by atoms with van der Waals surface area (Å²) in [6.45, 7) is 2.53. The molecule has 1 saturated heterocycles. The number of carbonyl (C=O) groups excluding carboxylic acids is 1. The van der Waals surface area contributed by atoms with Crippen molar-refractivity contribution < 1.29 is 19.0 Å². The highest BCUT2D eigenvalue weighted by Gasteiger charge is 2.31.